The zero-order chi connectivity index (χ0) is 20.6. The summed E-state index contributed by atoms with van der Waals surface area (Å²) in [5, 5.41) is 10.5. The Morgan fingerprint density at radius 1 is 1.07 bits per heavy atom. The molecule has 0 spiro atoms. The van der Waals surface area contributed by atoms with Crippen molar-refractivity contribution < 1.29 is 14.3 Å². The predicted molar refractivity (Wildman–Crippen MR) is 114 cm³/mol. The Kier molecular flexibility index (Phi) is 6.80. The first-order valence-electron chi connectivity index (χ1n) is 9.05. The molecule has 0 radical (unpaired) electrons. The minimum Gasteiger partial charge on any atom is -0.495 e. The summed E-state index contributed by atoms with van der Waals surface area (Å²) in [6.45, 7) is 1.93. The Morgan fingerprint density at radius 2 is 1.79 bits per heavy atom. The average Bonchev–Trinajstić information content (AvgIpc) is 3.15. The molecule has 2 aromatic carbocycles. The van der Waals surface area contributed by atoms with Gasteiger partial charge in [-0.05, 0) is 24.6 Å². The average molecular weight is 410 g/mol. The van der Waals surface area contributed by atoms with Gasteiger partial charge in [0, 0.05) is 5.38 Å². The molecule has 0 unspecified atom stereocenters. The van der Waals surface area contributed by atoms with E-state index in [9.17, 15) is 9.59 Å². The van der Waals surface area contributed by atoms with Crippen LogP contribution < -0.4 is 20.7 Å². The Balaban J connectivity index is 1.52. The van der Waals surface area contributed by atoms with Crippen molar-refractivity contribution in [1.29, 1.82) is 0 Å². The van der Waals surface area contributed by atoms with Crippen LogP contribution >= 0.6 is 11.3 Å². The van der Waals surface area contributed by atoms with Crippen molar-refractivity contribution in [2.45, 2.75) is 19.4 Å². The highest BCUT2D eigenvalue weighted by atomic mass is 32.1. The first-order valence-corrected chi connectivity index (χ1v) is 9.93. The second-order valence-electron chi connectivity index (χ2n) is 6.30. The lowest BCUT2D eigenvalue weighted by Gasteiger charge is -2.13. The van der Waals surface area contributed by atoms with Crippen LogP contribution in [0.2, 0.25) is 0 Å². The zero-order valence-electron chi connectivity index (χ0n) is 16.1. The van der Waals surface area contributed by atoms with E-state index in [2.05, 4.69) is 20.9 Å². The van der Waals surface area contributed by atoms with Crippen LogP contribution in [-0.4, -0.2) is 24.0 Å². The Hall–Kier alpha value is -3.39. The van der Waals surface area contributed by atoms with Crippen molar-refractivity contribution in [2.24, 2.45) is 0 Å². The fourth-order valence-corrected chi connectivity index (χ4v) is 3.43. The van der Waals surface area contributed by atoms with Crippen LogP contribution in [0.3, 0.4) is 0 Å². The lowest BCUT2D eigenvalue weighted by molar-refractivity contribution is -0.121. The summed E-state index contributed by atoms with van der Waals surface area (Å²) in [5.74, 6) is 0.434. The van der Waals surface area contributed by atoms with Gasteiger partial charge in [-0.3, -0.25) is 10.1 Å². The number of benzene rings is 2. The molecule has 0 aliphatic carbocycles. The van der Waals surface area contributed by atoms with Gasteiger partial charge in [-0.1, -0.05) is 42.5 Å². The minimum atomic E-state index is -0.433. The predicted octanol–water partition coefficient (Wildman–Crippen LogP) is 4.22. The Morgan fingerprint density at radius 3 is 2.55 bits per heavy atom. The fourth-order valence-electron chi connectivity index (χ4n) is 2.73. The molecule has 3 amide bonds. The molecule has 3 N–H and O–H groups in total. The van der Waals surface area contributed by atoms with Gasteiger partial charge in [-0.15, -0.1) is 11.3 Å². The number of carbonyl (C=O) groups excluding carboxylic acids is 2. The van der Waals surface area contributed by atoms with E-state index in [0.29, 0.717) is 22.3 Å². The molecule has 150 valence electrons. The molecule has 1 aromatic heterocycles. The zero-order valence-corrected chi connectivity index (χ0v) is 17.0. The maximum absolute atomic E-state index is 12.3. The highest BCUT2D eigenvalue weighted by Gasteiger charge is 2.13. The van der Waals surface area contributed by atoms with Crippen LogP contribution in [0.5, 0.6) is 5.75 Å². The van der Waals surface area contributed by atoms with Crippen LogP contribution in [0.4, 0.5) is 15.6 Å². The molecule has 0 saturated carbocycles. The van der Waals surface area contributed by atoms with Gasteiger partial charge >= 0.3 is 6.03 Å². The molecule has 8 heteroatoms. The van der Waals surface area contributed by atoms with E-state index >= 15 is 0 Å². The van der Waals surface area contributed by atoms with E-state index in [1.807, 2.05) is 43.3 Å². The molecule has 1 atom stereocenters. The number of nitrogens with one attached hydrogen (secondary N) is 3. The van der Waals surface area contributed by atoms with E-state index in [0.717, 1.165) is 5.56 Å². The number of thiazole rings is 1. The third kappa shape index (κ3) is 5.79. The molecule has 3 aromatic rings. The smallest absolute Gasteiger partial charge is 0.325 e. The first-order chi connectivity index (χ1) is 14.0. The van der Waals surface area contributed by atoms with Gasteiger partial charge in [0.05, 0.1) is 31.0 Å². The molecule has 1 heterocycles. The summed E-state index contributed by atoms with van der Waals surface area (Å²) in [6.07, 6.45) is 0.142. The summed E-state index contributed by atoms with van der Waals surface area (Å²) in [7, 11) is 1.54. The number of anilines is 2. The summed E-state index contributed by atoms with van der Waals surface area (Å²) >= 11 is 1.26. The number of carbonyl (C=O) groups is 2. The molecule has 0 saturated heterocycles. The van der Waals surface area contributed by atoms with Gasteiger partial charge in [0.25, 0.3) is 0 Å². The van der Waals surface area contributed by atoms with Gasteiger partial charge in [0.1, 0.15) is 5.75 Å². The van der Waals surface area contributed by atoms with Gasteiger partial charge in [0.2, 0.25) is 5.91 Å². The van der Waals surface area contributed by atoms with Crippen molar-refractivity contribution in [3.8, 4) is 5.75 Å². The van der Waals surface area contributed by atoms with Crippen molar-refractivity contribution in [3.63, 3.8) is 0 Å². The number of hydrogen-bond acceptors (Lipinski definition) is 5. The number of ether oxygens (including phenoxy) is 1. The van der Waals surface area contributed by atoms with Gasteiger partial charge in [0.15, 0.2) is 5.13 Å². The molecule has 29 heavy (non-hydrogen) atoms. The number of para-hydroxylation sites is 2. The summed E-state index contributed by atoms with van der Waals surface area (Å²) in [5.41, 5.74) is 2.19. The second-order valence-corrected chi connectivity index (χ2v) is 7.16. The standard InChI is InChI=1S/C21H22N4O3S/c1-14(15-8-4-3-5-9-15)22-19(26)12-16-13-29-21(23-16)25-20(27)24-17-10-6-7-11-18(17)28-2/h3-11,13-14H,12H2,1-2H3,(H,22,26)(H2,23,24,25,27)/t14-/m0/s1. The number of nitrogens with zero attached hydrogens (tertiary/aromatic N) is 1. The second kappa shape index (κ2) is 9.70. The topological polar surface area (TPSA) is 92.3 Å². The van der Waals surface area contributed by atoms with E-state index in [-0.39, 0.29) is 18.4 Å². The quantitative estimate of drug-likeness (QED) is 0.544. The van der Waals surface area contributed by atoms with Crippen molar-refractivity contribution in [3.05, 3.63) is 71.2 Å². The van der Waals surface area contributed by atoms with Crippen LogP contribution in [0.25, 0.3) is 0 Å². The number of methoxy groups -OCH3 is 1. The van der Waals surface area contributed by atoms with Gasteiger partial charge in [-0.25, -0.2) is 9.78 Å². The number of hydrogen-bond donors (Lipinski definition) is 3. The molecule has 0 aliphatic rings. The van der Waals surface area contributed by atoms with E-state index in [1.54, 1.807) is 23.6 Å². The maximum Gasteiger partial charge on any atom is 0.325 e. The number of urea groups is 1. The number of rotatable bonds is 7. The molecular weight excluding hydrogens is 388 g/mol. The monoisotopic (exact) mass is 410 g/mol. The van der Waals surface area contributed by atoms with Gasteiger partial charge < -0.3 is 15.4 Å². The van der Waals surface area contributed by atoms with Gasteiger partial charge in [-0.2, -0.15) is 0 Å². The van der Waals surface area contributed by atoms with Crippen LogP contribution in [0.15, 0.2) is 60.0 Å². The van der Waals surface area contributed by atoms with Crippen molar-refractivity contribution >= 4 is 34.1 Å². The first kappa shape index (κ1) is 20.3. The lowest BCUT2D eigenvalue weighted by Crippen LogP contribution is -2.28. The lowest BCUT2D eigenvalue weighted by atomic mass is 10.1. The molecule has 0 aliphatic heterocycles. The minimum absolute atomic E-state index is 0.0911. The molecular formula is C21H22N4O3S. The van der Waals surface area contributed by atoms with E-state index in [1.165, 1.54) is 18.4 Å². The third-order valence-corrected chi connectivity index (χ3v) is 4.95. The van der Waals surface area contributed by atoms with E-state index < -0.39 is 6.03 Å². The Labute approximate surface area is 173 Å². The van der Waals surface area contributed by atoms with Crippen LogP contribution in [0, 0.1) is 0 Å². The van der Waals surface area contributed by atoms with Crippen molar-refractivity contribution in [1.82, 2.24) is 10.3 Å². The van der Waals surface area contributed by atoms with Crippen LogP contribution in [-0.2, 0) is 11.2 Å². The molecule has 7 nitrogen and oxygen atoms in total. The Bertz CT molecular complexity index is 975. The largest absolute Gasteiger partial charge is 0.495 e. The molecule has 0 fully saturated rings. The highest BCUT2D eigenvalue weighted by Crippen LogP contribution is 2.23. The van der Waals surface area contributed by atoms with Crippen molar-refractivity contribution in [2.75, 3.05) is 17.7 Å². The normalized spacial score (nSPS) is 11.4. The summed E-state index contributed by atoms with van der Waals surface area (Å²) in [6, 6.07) is 16.3. The van der Waals surface area contributed by atoms with Crippen LogP contribution in [0.1, 0.15) is 24.2 Å². The highest BCUT2D eigenvalue weighted by molar-refractivity contribution is 7.14. The third-order valence-electron chi connectivity index (χ3n) is 4.15. The summed E-state index contributed by atoms with van der Waals surface area (Å²) in [4.78, 5) is 28.8. The molecule has 0 bridgehead atoms. The van der Waals surface area contributed by atoms with E-state index in [4.69, 9.17) is 4.74 Å². The molecule has 3 rings (SSSR count). The number of aromatic nitrogens is 1. The summed E-state index contributed by atoms with van der Waals surface area (Å²) < 4.78 is 5.21. The fraction of sp³-hybridized carbons (Fsp3) is 0.190. The SMILES string of the molecule is COc1ccccc1NC(=O)Nc1nc(CC(=O)N[C@@H](C)c2ccccc2)cs1. The maximum atomic E-state index is 12.3. The number of amides is 3.